The van der Waals surface area contributed by atoms with Crippen molar-refractivity contribution in [3.63, 3.8) is 0 Å². The van der Waals surface area contributed by atoms with Crippen molar-refractivity contribution in [2.75, 3.05) is 37.0 Å². The molecule has 1 N–H and O–H groups in total. The first-order valence-corrected chi connectivity index (χ1v) is 10.2. The largest absolute Gasteiger partial charge is 0.385 e. The molecular weight excluding hydrogens is 398 g/mol. The minimum Gasteiger partial charge on any atom is -0.385 e. The van der Waals surface area contributed by atoms with Gasteiger partial charge in [-0.25, -0.2) is 0 Å². The summed E-state index contributed by atoms with van der Waals surface area (Å²) in [6.07, 6.45) is 1.89. The first-order chi connectivity index (χ1) is 15.0. The number of benzene rings is 2. The Morgan fingerprint density at radius 3 is 2.61 bits per heavy atom. The SMILES string of the molecule is COCCCN1C(=O)c2ccc(C(=O)Nc3cccc(N4CCCC4=O)c3)cc2C1=O. The monoisotopic (exact) mass is 421 g/mol. The zero-order chi connectivity index (χ0) is 22.0. The topological polar surface area (TPSA) is 96.0 Å². The van der Waals surface area contributed by atoms with Crippen LogP contribution in [0.4, 0.5) is 11.4 Å². The van der Waals surface area contributed by atoms with Crippen LogP contribution in [0.2, 0.25) is 0 Å². The fourth-order valence-corrected chi connectivity index (χ4v) is 3.88. The summed E-state index contributed by atoms with van der Waals surface area (Å²) >= 11 is 0. The van der Waals surface area contributed by atoms with Crippen molar-refractivity contribution in [3.8, 4) is 0 Å². The third-order valence-corrected chi connectivity index (χ3v) is 5.45. The van der Waals surface area contributed by atoms with Crippen molar-refractivity contribution in [2.45, 2.75) is 19.3 Å². The van der Waals surface area contributed by atoms with Gasteiger partial charge < -0.3 is 15.0 Å². The first kappa shape index (κ1) is 20.7. The molecule has 0 aliphatic carbocycles. The van der Waals surface area contributed by atoms with Crippen LogP contribution in [0, 0.1) is 0 Å². The summed E-state index contributed by atoms with van der Waals surface area (Å²) in [4.78, 5) is 52.8. The summed E-state index contributed by atoms with van der Waals surface area (Å²) in [5, 5.41) is 2.80. The van der Waals surface area contributed by atoms with E-state index in [4.69, 9.17) is 4.74 Å². The van der Waals surface area contributed by atoms with Gasteiger partial charge in [0.2, 0.25) is 5.91 Å². The van der Waals surface area contributed by atoms with Crippen molar-refractivity contribution >= 4 is 35.0 Å². The van der Waals surface area contributed by atoms with Gasteiger partial charge in [-0.1, -0.05) is 6.07 Å². The summed E-state index contributed by atoms with van der Waals surface area (Å²) in [6, 6.07) is 11.6. The molecule has 0 saturated carbocycles. The number of rotatable bonds is 7. The van der Waals surface area contributed by atoms with Crippen molar-refractivity contribution in [3.05, 3.63) is 59.2 Å². The first-order valence-electron chi connectivity index (χ1n) is 10.2. The van der Waals surface area contributed by atoms with Gasteiger partial charge in [-0.3, -0.25) is 24.1 Å². The molecule has 0 bridgehead atoms. The molecule has 2 aliphatic heterocycles. The van der Waals surface area contributed by atoms with E-state index in [0.717, 1.165) is 12.1 Å². The number of carbonyl (C=O) groups excluding carboxylic acids is 4. The maximum Gasteiger partial charge on any atom is 0.261 e. The minimum absolute atomic E-state index is 0.0698. The lowest BCUT2D eigenvalue weighted by atomic mass is 10.1. The van der Waals surface area contributed by atoms with Gasteiger partial charge in [-0.2, -0.15) is 0 Å². The highest BCUT2D eigenvalue weighted by Gasteiger charge is 2.35. The molecule has 0 atom stereocenters. The smallest absolute Gasteiger partial charge is 0.261 e. The summed E-state index contributed by atoms with van der Waals surface area (Å²) in [5.41, 5.74) is 2.09. The lowest BCUT2D eigenvalue weighted by molar-refractivity contribution is -0.117. The van der Waals surface area contributed by atoms with E-state index in [1.54, 1.807) is 30.2 Å². The number of carbonyl (C=O) groups is 4. The maximum atomic E-state index is 12.8. The van der Waals surface area contributed by atoms with Crippen molar-refractivity contribution < 1.29 is 23.9 Å². The summed E-state index contributed by atoms with van der Waals surface area (Å²) in [6.45, 7) is 1.38. The molecule has 2 heterocycles. The third kappa shape index (κ3) is 4.06. The quantitative estimate of drug-likeness (QED) is 0.548. The van der Waals surface area contributed by atoms with Crippen molar-refractivity contribution in [1.82, 2.24) is 4.90 Å². The number of methoxy groups -OCH3 is 1. The standard InChI is InChI=1S/C23H23N3O5/c1-31-12-4-11-26-22(29)18-9-8-15(13-19(18)23(26)30)21(28)24-16-5-2-6-17(14-16)25-10-3-7-20(25)27/h2,5-6,8-9,13-14H,3-4,7,10-12H2,1H3,(H,24,28). The molecule has 0 unspecified atom stereocenters. The number of ether oxygens (including phenoxy) is 1. The Morgan fingerprint density at radius 1 is 1.06 bits per heavy atom. The predicted molar refractivity (Wildman–Crippen MR) is 114 cm³/mol. The van der Waals surface area contributed by atoms with E-state index >= 15 is 0 Å². The van der Waals surface area contributed by atoms with Crippen molar-refractivity contribution in [1.29, 1.82) is 0 Å². The fraction of sp³-hybridized carbons (Fsp3) is 0.304. The molecule has 160 valence electrons. The van der Waals surface area contributed by atoms with Gasteiger partial charge in [0.25, 0.3) is 17.7 Å². The summed E-state index contributed by atoms with van der Waals surface area (Å²) in [7, 11) is 1.56. The molecule has 8 nitrogen and oxygen atoms in total. The fourth-order valence-electron chi connectivity index (χ4n) is 3.88. The number of hydrogen-bond donors (Lipinski definition) is 1. The molecule has 2 aromatic rings. The second kappa shape index (κ2) is 8.69. The van der Waals surface area contributed by atoms with Crippen LogP contribution >= 0.6 is 0 Å². The van der Waals surface area contributed by atoms with Gasteiger partial charge in [0, 0.05) is 50.2 Å². The van der Waals surface area contributed by atoms with E-state index in [2.05, 4.69) is 5.32 Å². The zero-order valence-corrected chi connectivity index (χ0v) is 17.2. The number of anilines is 2. The van der Waals surface area contributed by atoms with E-state index in [0.29, 0.717) is 37.2 Å². The van der Waals surface area contributed by atoms with Crippen molar-refractivity contribution in [2.24, 2.45) is 0 Å². The highest BCUT2D eigenvalue weighted by atomic mass is 16.5. The van der Waals surface area contributed by atoms with E-state index in [1.807, 2.05) is 6.07 Å². The van der Waals surface area contributed by atoms with E-state index in [9.17, 15) is 19.2 Å². The zero-order valence-electron chi connectivity index (χ0n) is 17.2. The maximum absolute atomic E-state index is 12.8. The van der Waals surface area contributed by atoms with Gasteiger partial charge in [-0.05, 0) is 49.2 Å². The van der Waals surface area contributed by atoms with E-state index < -0.39 is 11.8 Å². The molecule has 0 radical (unpaired) electrons. The van der Waals surface area contributed by atoms with Crippen LogP contribution < -0.4 is 10.2 Å². The van der Waals surface area contributed by atoms with E-state index in [1.165, 1.54) is 23.1 Å². The minimum atomic E-state index is -0.403. The highest BCUT2D eigenvalue weighted by Crippen LogP contribution is 2.26. The summed E-state index contributed by atoms with van der Waals surface area (Å²) in [5.74, 6) is -1.09. The van der Waals surface area contributed by atoms with Crippen LogP contribution in [0.3, 0.4) is 0 Å². The van der Waals surface area contributed by atoms with Gasteiger partial charge in [0.15, 0.2) is 0 Å². The van der Waals surface area contributed by atoms with Crippen LogP contribution in [0.25, 0.3) is 0 Å². The van der Waals surface area contributed by atoms with Gasteiger partial charge in [-0.15, -0.1) is 0 Å². The lowest BCUT2D eigenvalue weighted by Gasteiger charge is -2.16. The predicted octanol–water partition coefficient (Wildman–Crippen LogP) is 2.70. The molecule has 1 fully saturated rings. The second-order valence-electron chi connectivity index (χ2n) is 7.52. The Hall–Kier alpha value is -3.52. The molecule has 4 rings (SSSR count). The Kier molecular flexibility index (Phi) is 5.81. The highest BCUT2D eigenvalue weighted by molar-refractivity contribution is 6.22. The molecule has 2 aliphatic rings. The van der Waals surface area contributed by atoms with E-state index in [-0.39, 0.29) is 29.5 Å². The Bertz CT molecular complexity index is 1060. The molecule has 0 spiro atoms. The lowest BCUT2D eigenvalue weighted by Crippen LogP contribution is -2.31. The average Bonchev–Trinajstić information content (AvgIpc) is 3.30. The molecule has 1 saturated heterocycles. The Labute approximate surface area is 179 Å². The third-order valence-electron chi connectivity index (χ3n) is 5.45. The number of imide groups is 1. The molecule has 0 aromatic heterocycles. The van der Waals surface area contributed by atoms with Gasteiger partial charge in [0.1, 0.15) is 0 Å². The van der Waals surface area contributed by atoms with Crippen LogP contribution in [-0.4, -0.2) is 55.3 Å². The average molecular weight is 421 g/mol. The normalized spacial score (nSPS) is 15.6. The van der Waals surface area contributed by atoms with Gasteiger partial charge >= 0.3 is 0 Å². The molecule has 4 amide bonds. The Morgan fingerprint density at radius 2 is 1.87 bits per heavy atom. The summed E-state index contributed by atoms with van der Waals surface area (Å²) < 4.78 is 4.98. The van der Waals surface area contributed by atoms with Gasteiger partial charge in [0.05, 0.1) is 11.1 Å². The molecular formula is C23H23N3O5. The van der Waals surface area contributed by atoms with Crippen LogP contribution in [0.1, 0.15) is 50.3 Å². The molecule has 8 heteroatoms. The number of fused-ring (bicyclic) bond motifs is 1. The Balaban J connectivity index is 1.49. The van der Waals surface area contributed by atoms with Crippen LogP contribution in [0.5, 0.6) is 0 Å². The second-order valence-corrected chi connectivity index (χ2v) is 7.52. The van der Waals surface area contributed by atoms with Crippen LogP contribution in [-0.2, 0) is 9.53 Å². The molecule has 31 heavy (non-hydrogen) atoms. The number of hydrogen-bond acceptors (Lipinski definition) is 5. The number of nitrogens with zero attached hydrogens (tertiary/aromatic N) is 2. The number of amides is 4. The number of nitrogens with one attached hydrogen (secondary N) is 1. The van der Waals surface area contributed by atoms with Crippen LogP contribution in [0.15, 0.2) is 42.5 Å². The molecule has 2 aromatic carbocycles.